The highest BCUT2D eigenvalue weighted by Crippen LogP contribution is 2.29. The van der Waals surface area contributed by atoms with Gasteiger partial charge >= 0.3 is 0 Å². The van der Waals surface area contributed by atoms with Crippen LogP contribution in [-0.4, -0.2) is 41.9 Å². The predicted molar refractivity (Wildman–Crippen MR) is 106 cm³/mol. The minimum atomic E-state index is 0.735. The fraction of sp³-hybridized carbons (Fsp3) is 0.500. The first-order valence-electron chi connectivity index (χ1n) is 9.38. The van der Waals surface area contributed by atoms with Gasteiger partial charge in [0.05, 0.1) is 0 Å². The van der Waals surface area contributed by atoms with E-state index in [0.717, 1.165) is 43.7 Å². The van der Waals surface area contributed by atoms with E-state index in [9.17, 15) is 0 Å². The quantitative estimate of drug-likeness (QED) is 0.755. The van der Waals surface area contributed by atoms with Gasteiger partial charge in [0.15, 0.2) is 0 Å². The third kappa shape index (κ3) is 4.27. The summed E-state index contributed by atoms with van der Waals surface area (Å²) in [4.78, 5) is 15.3. The van der Waals surface area contributed by atoms with Crippen molar-refractivity contribution in [3.8, 4) is 0 Å². The van der Waals surface area contributed by atoms with Crippen molar-refractivity contribution < 1.29 is 0 Å². The lowest BCUT2D eigenvalue weighted by molar-refractivity contribution is 0.573. The molecule has 0 radical (unpaired) electrons. The third-order valence-corrected chi connectivity index (χ3v) is 6.40. The van der Waals surface area contributed by atoms with Gasteiger partial charge in [0.1, 0.15) is 18.0 Å². The minimum absolute atomic E-state index is 0.735. The highest BCUT2D eigenvalue weighted by atomic mass is 32.2. The SMILES string of the molecule is c1ccc(SCC2CCN(c3cc(N4CCCCC4)ncn3)C2)cc1. The zero-order valence-corrected chi connectivity index (χ0v) is 15.5. The maximum atomic E-state index is 4.55. The molecule has 4 nitrogen and oxygen atoms in total. The molecule has 2 aliphatic heterocycles. The van der Waals surface area contributed by atoms with Crippen LogP contribution in [0.4, 0.5) is 11.6 Å². The summed E-state index contributed by atoms with van der Waals surface area (Å²) in [5, 5.41) is 0. The molecule has 1 aromatic carbocycles. The Morgan fingerprint density at radius 2 is 1.68 bits per heavy atom. The largest absolute Gasteiger partial charge is 0.356 e. The van der Waals surface area contributed by atoms with Gasteiger partial charge in [0.2, 0.25) is 0 Å². The Kier molecular flexibility index (Phi) is 5.40. The topological polar surface area (TPSA) is 32.3 Å². The summed E-state index contributed by atoms with van der Waals surface area (Å²) in [5.74, 6) is 4.12. The number of anilines is 2. The number of benzene rings is 1. The first-order valence-corrected chi connectivity index (χ1v) is 10.4. The molecule has 2 saturated heterocycles. The monoisotopic (exact) mass is 354 g/mol. The number of thioether (sulfide) groups is 1. The predicted octanol–water partition coefficient (Wildman–Crippen LogP) is 4.09. The van der Waals surface area contributed by atoms with Crippen molar-refractivity contribution in [1.29, 1.82) is 0 Å². The lowest BCUT2D eigenvalue weighted by Gasteiger charge is -2.28. The number of aromatic nitrogens is 2. The Morgan fingerprint density at radius 1 is 0.920 bits per heavy atom. The Hall–Kier alpha value is -1.75. The molecule has 2 aliphatic rings. The van der Waals surface area contributed by atoms with Crippen LogP contribution in [-0.2, 0) is 0 Å². The Morgan fingerprint density at radius 3 is 2.48 bits per heavy atom. The highest BCUT2D eigenvalue weighted by molar-refractivity contribution is 7.99. The Labute approximate surface area is 154 Å². The Bertz CT molecular complexity index is 672. The van der Waals surface area contributed by atoms with Gasteiger partial charge in [-0.3, -0.25) is 0 Å². The number of piperidine rings is 1. The van der Waals surface area contributed by atoms with Crippen LogP contribution in [0.3, 0.4) is 0 Å². The van der Waals surface area contributed by atoms with E-state index >= 15 is 0 Å². The molecule has 2 fully saturated rings. The first-order chi connectivity index (χ1) is 12.4. The molecular formula is C20H26N4S. The smallest absolute Gasteiger partial charge is 0.134 e. The second-order valence-electron chi connectivity index (χ2n) is 7.01. The van der Waals surface area contributed by atoms with Gasteiger partial charge in [-0.15, -0.1) is 11.8 Å². The van der Waals surface area contributed by atoms with Crippen molar-refractivity contribution in [2.24, 2.45) is 5.92 Å². The average molecular weight is 355 g/mol. The van der Waals surface area contributed by atoms with Gasteiger partial charge in [-0.2, -0.15) is 0 Å². The van der Waals surface area contributed by atoms with Gasteiger partial charge in [0.25, 0.3) is 0 Å². The van der Waals surface area contributed by atoms with E-state index in [0.29, 0.717) is 0 Å². The van der Waals surface area contributed by atoms with Gasteiger partial charge in [-0.25, -0.2) is 9.97 Å². The van der Waals surface area contributed by atoms with E-state index in [1.54, 1.807) is 6.33 Å². The van der Waals surface area contributed by atoms with Gasteiger partial charge < -0.3 is 9.80 Å². The number of rotatable bonds is 5. The number of nitrogens with zero attached hydrogens (tertiary/aromatic N) is 4. The van der Waals surface area contributed by atoms with Crippen molar-refractivity contribution in [1.82, 2.24) is 9.97 Å². The molecule has 25 heavy (non-hydrogen) atoms. The van der Waals surface area contributed by atoms with Crippen LogP contribution in [0.15, 0.2) is 47.6 Å². The molecule has 0 amide bonds. The summed E-state index contributed by atoms with van der Waals surface area (Å²) >= 11 is 1.97. The summed E-state index contributed by atoms with van der Waals surface area (Å²) < 4.78 is 0. The highest BCUT2D eigenvalue weighted by Gasteiger charge is 2.24. The molecule has 0 aliphatic carbocycles. The fourth-order valence-electron chi connectivity index (χ4n) is 3.71. The second-order valence-corrected chi connectivity index (χ2v) is 8.10. The van der Waals surface area contributed by atoms with Crippen molar-refractivity contribution in [3.05, 3.63) is 42.7 Å². The molecule has 2 aromatic rings. The normalized spacial score (nSPS) is 20.9. The van der Waals surface area contributed by atoms with E-state index in [-0.39, 0.29) is 0 Å². The molecule has 4 rings (SSSR count). The molecule has 1 aromatic heterocycles. The van der Waals surface area contributed by atoms with Crippen LogP contribution in [0.25, 0.3) is 0 Å². The maximum absolute atomic E-state index is 4.55. The molecule has 1 atom stereocenters. The maximum Gasteiger partial charge on any atom is 0.134 e. The number of hydrogen-bond donors (Lipinski definition) is 0. The summed E-state index contributed by atoms with van der Waals surface area (Å²) in [5.41, 5.74) is 0. The lowest BCUT2D eigenvalue weighted by atomic mass is 10.1. The lowest BCUT2D eigenvalue weighted by Crippen LogP contribution is -2.30. The molecule has 0 saturated carbocycles. The fourth-order valence-corrected chi connectivity index (χ4v) is 4.76. The van der Waals surface area contributed by atoms with E-state index in [2.05, 4.69) is 56.2 Å². The molecule has 132 valence electrons. The van der Waals surface area contributed by atoms with Crippen LogP contribution in [0.2, 0.25) is 0 Å². The standard InChI is InChI=1S/C20H26N4S/c1-3-7-18(8-4-1)25-15-17-9-12-24(14-17)20-13-19(21-16-22-20)23-10-5-2-6-11-23/h1,3-4,7-8,13,16-17H,2,5-6,9-12,14-15H2. The summed E-state index contributed by atoms with van der Waals surface area (Å²) in [6.07, 6.45) is 6.90. The van der Waals surface area contributed by atoms with Crippen LogP contribution >= 0.6 is 11.8 Å². The van der Waals surface area contributed by atoms with E-state index in [1.807, 2.05) is 11.8 Å². The molecule has 0 N–H and O–H groups in total. The molecule has 5 heteroatoms. The van der Waals surface area contributed by atoms with Gasteiger partial charge in [-0.05, 0) is 43.7 Å². The van der Waals surface area contributed by atoms with Gasteiger partial charge in [0, 0.05) is 42.9 Å². The summed E-state index contributed by atoms with van der Waals surface area (Å²) in [6.45, 7) is 4.48. The van der Waals surface area contributed by atoms with Gasteiger partial charge in [-0.1, -0.05) is 18.2 Å². The molecule has 1 unspecified atom stereocenters. The van der Waals surface area contributed by atoms with E-state index in [4.69, 9.17) is 0 Å². The van der Waals surface area contributed by atoms with Crippen molar-refractivity contribution in [2.75, 3.05) is 41.7 Å². The molecule has 0 spiro atoms. The average Bonchev–Trinajstić information content (AvgIpc) is 3.17. The van der Waals surface area contributed by atoms with E-state index in [1.165, 1.54) is 36.3 Å². The van der Waals surface area contributed by atoms with Crippen LogP contribution in [0, 0.1) is 5.92 Å². The minimum Gasteiger partial charge on any atom is -0.356 e. The molecule has 0 bridgehead atoms. The molecule has 3 heterocycles. The van der Waals surface area contributed by atoms with Crippen molar-refractivity contribution >= 4 is 23.4 Å². The summed E-state index contributed by atoms with van der Waals surface area (Å²) in [6, 6.07) is 12.9. The van der Waals surface area contributed by atoms with Crippen LogP contribution < -0.4 is 9.80 Å². The summed E-state index contributed by atoms with van der Waals surface area (Å²) in [7, 11) is 0. The van der Waals surface area contributed by atoms with Crippen LogP contribution in [0.1, 0.15) is 25.7 Å². The van der Waals surface area contributed by atoms with Crippen molar-refractivity contribution in [2.45, 2.75) is 30.6 Å². The third-order valence-electron chi connectivity index (χ3n) is 5.16. The second kappa shape index (κ2) is 8.09. The van der Waals surface area contributed by atoms with E-state index < -0.39 is 0 Å². The zero-order chi connectivity index (χ0) is 16.9. The number of hydrogen-bond acceptors (Lipinski definition) is 5. The molecular weight excluding hydrogens is 328 g/mol. The van der Waals surface area contributed by atoms with Crippen molar-refractivity contribution in [3.63, 3.8) is 0 Å². The Balaban J connectivity index is 1.35. The first kappa shape index (κ1) is 16.7. The van der Waals surface area contributed by atoms with Crippen LogP contribution in [0.5, 0.6) is 0 Å². The zero-order valence-electron chi connectivity index (χ0n) is 14.7.